The average molecular weight is 280 g/mol. The van der Waals surface area contributed by atoms with E-state index < -0.39 is 0 Å². The van der Waals surface area contributed by atoms with Crippen LogP contribution in [0, 0.1) is 17.3 Å². The molecule has 118 valence electrons. The van der Waals surface area contributed by atoms with E-state index in [2.05, 4.69) is 44.8 Å². The maximum absolute atomic E-state index is 3.81. The number of hydrogen-bond acceptors (Lipinski definition) is 2. The van der Waals surface area contributed by atoms with Crippen LogP contribution >= 0.6 is 0 Å². The van der Waals surface area contributed by atoms with Crippen molar-refractivity contribution in [3.05, 3.63) is 0 Å². The van der Waals surface area contributed by atoms with Crippen LogP contribution in [0.1, 0.15) is 66.7 Å². The number of hydrogen-bond donors (Lipinski definition) is 1. The van der Waals surface area contributed by atoms with E-state index in [-0.39, 0.29) is 5.54 Å². The van der Waals surface area contributed by atoms with Crippen molar-refractivity contribution in [2.75, 3.05) is 26.2 Å². The van der Waals surface area contributed by atoms with E-state index in [0.29, 0.717) is 5.41 Å². The summed E-state index contributed by atoms with van der Waals surface area (Å²) in [5.41, 5.74) is 0.776. The summed E-state index contributed by atoms with van der Waals surface area (Å²) in [7, 11) is 0. The zero-order valence-corrected chi connectivity index (χ0v) is 14.5. The van der Waals surface area contributed by atoms with Crippen molar-refractivity contribution >= 4 is 0 Å². The molecule has 2 nitrogen and oxygen atoms in total. The average Bonchev–Trinajstić information content (AvgIpc) is 2.75. The fraction of sp³-hybridized carbons (Fsp3) is 1.00. The Kier molecular flexibility index (Phi) is 5.18. The quantitative estimate of drug-likeness (QED) is 0.840. The topological polar surface area (TPSA) is 15.3 Å². The van der Waals surface area contributed by atoms with E-state index >= 15 is 0 Å². The third-order valence-electron chi connectivity index (χ3n) is 5.40. The Labute approximate surface area is 126 Å². The van der Waals surface area contributed by atoms with Gasteiger partial charge in [0.15, 0.2) is 0 Å². The van der Waals surface area contributed by atoms with Crippen molar-refractivity contribution in [2.45, 2.75) is 72.3 Å². The Morgan fingerprint density at radius 3 is 2.20 bits per heavy atom. The molecule has 0 spiro atoms. The molecule has 0 aromatic heterocycles. The molecule has 1 unspecified atom stereocenters. The van der Waals surface area contributed by atoms with Gasteiger partial charge in [-0.3, -0.25) is 0 Å². The summed E-state index contributed by atoms with van der Waals surface area (Å²) < 4.78 is 0. The lowest BCUT2D eigenvalue weighted by molar-refractivity contribution is 0.0893. The van der Waals surface area contributed by atoms with E-state index in [4.69, 9.17) is 0 Å². The number of rotatable bonds is 4. The van der Waals surface area contributed by atoms with Gasteiger partial charge in [-0.25, -0.2) is 0 Å². The van der Waals surface area contributed by atoms with Gasteiger partial charge < -0.3 is 10.2 Å². The zero-order valence-electron chi connectivity index (χ0n) is 14.5. The maximum Gasteiger partial charge on any atom is 0.00967 e. The second-order valence-corrected chi connectivity index (χ2v) is 8.92. The van der Waals surface area contributed by atoms with Crippen LogP contribution in [0.2, 0.25) is 0 Å². The van der Waals surface area contributed by atoms with Gasteiger partial charge in [0.25, 0.3) is 0 Å². The number of nitrogens with one attached hydrogen (secondary N) is 1. The Bertz CT molecular complexity index is 297. The van der Waals surface area contributed by atoms with Gasteiger partial charge in [-0.15, -0.1) is 0 Å². The second kappa shape index (κ2) is 6.36. The number of likely N-dealkylation sites (tertiary alicyclic amines) is 1. The summed E-state index contributed by atoms with van der Waals surface area (Å²) in [6.07, 6.45) is 7.09. The fourth-order valence-corrected chi connectivity index (χ4v) is 3.86. The molecule has 0 amide bonds. The van der Waals surface area contributed by atoms with Crippen LogP contribution < -0.4 is 5.32 Å². The van der Waals surface area contributed by atoms with Crippen LogP contribution in [-0.4, -0.2) is 36.6 Å². The molecule has 0 aromatic carbocycles. The van der Waals surface area contributed by atoms with Gasteiger partial charge in [-0.2, -0.15) is 0 Å². The van der Waals surface area contributed by atoms with Crippen LogP contribution in [-0.2, 0) is 0 Å². The van der Waals surface area contributed by atoms with Crippen molar-refractivity contribution in [2.24, 2.45) is 17.3 Å². The van der Waals surface area contributed by atoms with Gasteiger partial charge in [-0.1, -0.05) is 26.7 Å². The van der Waals surface area contributed by atoms with E-state index in [0.717, 1.165) is 11.8 Å². The van der Waals surface area contributed by atoms with Gasteiger partial charge in [-0.05, 0) is 63.8 Å². The Morgan fingerprint density at radius 2 is 1.70 bits per heavy atom. The summed E-state index contributed by atoms with van der Waals surface area (Å²) in [4.78, 5) is 2.74. The van der Waals surface area contributed by atoms with Crippen LogP contribution in [0.25, 0.3) is 0 Å². The van der Waals surface area contributed by atoms with Crippen molar-refractivity contribution in [3.63, 3.8) is 0 Å². The summed E-state index contributed by atoms with van der Waals surface area (Å²) >= 11 is 0. The van der Waals surface area contributed by atoms with Gasteiger partial charge in [0.2, 0.25) is 0 Å². The maximum atomic E-state index is 3.81. The van der Waals surface area contributed by atoms with Crippen molar-refractivity contribution in [3.8, 4) is 0 Å². The largest absolute Gasteiger partial charge is 0.311 e. The van der Waals surface area contributed by atoms with Gasteiger partial charge in [0.05, 0.1) is 0 Å². The van der Waals surface area contributed by atoms with Crippen LogP contribution in [0.3, 0.4) is 0 Å². The third-order valence-corrected chi connectivity index (χ3v) is 5.40. The SMILES string of the molecule is CC1CCC(CNC(C)(C)C)(CN2CCC(C)C2)CC1. The van der Waals surface area contributed by atoms with Crippen molar-refractivity contribution in [1.82, 2.24) is 10.2 Å². The second-order valence-electron chi connectivity index (χ2n) is 8.92. The molecular formula is C18H36N2. The lowest BCUT2D eigenvalue weighted by Gasteiger charge is -2.43. The first kappa shape index (κ1) is 16.3. The standard InChI is InChI=1S/C18H36N2/c1-15-6-9-18(10-7-15,13-19-17(3,4)5)14-20-11-8-16(2)12-20/h15-16,19H,6-14H2,1-5H3. The molecule has 2 fully saturated rings. The molecule has 1 aliphatic carbocycles. The highest BCUT2D eigenvalue weighted by Gasteiger charge is 2.37. The van der Waals surface area contributed by atoms with Crippen LogP contribution in [0.5, 0.6) is 0 Å². The molecule has 1 aliphatic heterocycles. The van der Waals surface area contributed by atoms with E-state index in [1.807, 2.05) is 0 Å². The van der Waals surface area contributed by atoms with Gasteiger partial charge >= 0.3 is 0 Å². The van der Waals surface area contributed by atoms with E-state index in [1.165, 1.54) is 58.3 Å². The predicted octanol–water partition coefficient (Wildman–Crippen LogP) is 3.91. The minimum Gasteiger partial charge on any atom is -0.311 e. The van der Waals surface area contributed by atoms with Crippen molar-refractivity contribution < 1.29 is 0 Å². The molecule has 0 aromatic rings. The number of nitrogens with zero attached hydrogens (tertiary/aromatic N) is 1. The van der Waals surface area contributed by atoms with E-state index in [9.17, 15) is 0 Å². The van der Waals surface area contributed by atoms with Crippen LogP contribution in [0.4, 0.5) is 0 Å². The highest BCUT2D eigenvalue weighted by Crippen LogP contribution is 2.40. The summed E-state index contributed by atoms with van der Waals surface area (Å²) in [6.45, 7) is 16.9. The van der Waals surface area contributed by atoms with Gasteiger partial charge in [0, 0.05) is 25.2 Å². The summed E-state index contributed by atoms with van der Waals surface area (Å²) in [5.74, 6) is 1.85. The van der Waals surface area contributed by atoms with E-state index in [1.54, 1.807) is 0 Å². The molecule has 1 saturated heterocycles. The van der Waals surface area contributed by atoms with Crippen molar-refractivity contribution in [1.29, 1.82) is 0 Å². The molecule has 0 bridgehead atoms. The summed E-state index contributed by atoms with van der Waals surface area (Å²) in [6, 6.07) is 0. The normalized spacial score (nSPS) is 36.5. The molecular weight excluding hydrogens is 244 g/mol. The summed E-state index contributed by atoms with van der Waals surface area (Å²) in [5, 5.41) is 3.81. The Morgan fingerprint density at radius 1 is 1.05 bits per heavy atom. The molecule has 2 heteroatoms. The minimum atomic E-state index is 0.244. The molecule has 2 rings (SSSR count). The van der Waals surface area contributed by atoms with Crippen LogP contribution in [0.15, 0.2) is 0 Å². The smallest absolute Gasteiger partial charge is 0.00967 e. The Balaban J connectivity index is 1.96. The van der Waals surface area contributed by atoms with Gasteiger partial charge in [0.1, 0.15) is 0 Å². The zero-order chi connectivity index (χ0) is 14.8. The third kappa shape index (κ3) is 4.73. The predicted molar refractivity (Wildman–Crippen MR) is 88.0 cm³/mol. The first-order chi connectivity index (χ1) is 9.28. The Hall–Kier alpha value is -0.0800. The highest BCUT2D eigenvalue weighted by molar-refractivity contribution is 4.92. The lowest BCUT2D eigenvalue weighted by Crippen LogP contribution is -2.50. The first-order valence-corrected chi connectivity index (χ1v) is 8.75. The minimum absolute atomic E-state index is 0.244. The molecule has 1 heterocycles. The molecule has 0 radical (unpaired) electrons. The molecule has 1 N–H and O–H groups in total. The molecule has 1 saturated carbocycles. The molecule has 2 aliphatic rings. The molecule has 1 atom stereocenters. The lowest BCUT2D eigenvalue weighted by atomic mass is 9.70. The fourth-order valence-electron chi connectivity index (χ4n) is 3.86. The highest BCUT2D eigenvalue weighted by atomic mass is 15.2. The first-order valence-electron chi connectivity index (χ1n) is 8.75. The monoisotopic (exact) mass is 280 g/mol. The molecule has 20 heavy (non-hydrogen) atoms.